The van der Waals surface area contributed by atoms with Crippen LogP contribution in [0.15, 0.2) is 203 Å². The van der Waals surface area contributed by atoms with Crippen molar-refractivity contribution >= 4 is 60.9 Å². The van der Waals surface area contributed by atoms with Crippen LogP contribution in [0.4, 0.5) is 17.1 Å². The van der Waals surface area contributed by atoms with Gasteiger partial charge in [0.2, 0.25) is 0 Å². The van der Waals surface area contributed by atoms with E-state index in [1.807, 2.05) is 84.9 Å². The van der Waals surface area contributed by atoms with E-state index in [0.29, 0.717) is 17.5 Å². The standard InChI is InChI=1S/C51H32N4O2/c1-4-13-33(14-5-1)34-23-26-38(27-24-34)55(37-17-8-3-9-18-37)39-28-29-41-47(32-39)57-46-22-12-20-42(48(41)46)51-53-49(35-15-6-2-7-16-35)52-50(54-51)36-25-30-45-43(31-36)40-19-10-11-21-44(40)56-45/h1-32H. The van der Waals surface area contributed by atoms with Crippen LogP contribution in [-0.2, 0) is 0 Å². The molecule has 0 aliphatic heterocycles. The summed E-state index contributed by atoms with van der Waals surface area (Å²) in [5.74, 6) is 1.74. The molecule has 8 aromatic carbocycles. The Bertz CT molecular complexity index is 3230. The smallest absolute Gasteiger partial charge is 0.164 e. The molecule has 6 heteroatoms. The van der Waals surface area contributed by atoms with E-state index in [2.05, 4.69) is 114 Å². The third-order valence-corrected chi connectivity index (χ3v) is 10.5. The molecular weight excluding hydrogens is 701 g/mol. The largest absolute Gasteiger partial charge is 0.456 e. The second-order valence-electron chi connectivity index (χ2n) is 14.0. The zero-order chi connectivity index (χ0) is 37.7. The maximum Gasteiger partial charge on any atom is 0.164 e. The normalized spacial score (nSPS) is 11.5. The molecule has 0 spiro atoms. The van der Waals surface area contributed by atoms with Crippen LogP contribution in [0.1, 0.15) is 0 Å². The number of nitrogens with zero attached hydrogens (tertiary/aromatic N) is 4. The van der Waals surface area contributed by atoms with Gasteiger partial charge in [-0.3, -0.25) is 0 Å². The second kappa shape index (κ2) is 13.5. The molecule has 0 aliphatic carbocycles. The molecule has 3 aromatic heterocycles. The first-order valence-corrected chi connectivity index (χ1v) is 18.9. The van der Waals surface area contributed by atoms with Gasteiger partial charge in [-0.1, -0.05) is 121 Å². The average Bonchev–Trinajstić information content (AvgIpc) is 3.85. The van der Waals surface area contributed by atoms with E-state index in [-0.39, 0.29) is 0 Å². The summed E-state index contributed by atoms with van der Waals surface area (Å²) < 4.78 is 12.8. The molecular formula is C51H32N4O2. The third-order valence-electron chi connectivity index (χ3n) is 10.5. The van der Waals surface area contributed by atoms with Crippen molar-refractivity contribution in [2.45, 2.75) is 0 Å². The van der Waals surface area contributed by atoms with E-state index < -0.39 is 0 Å². The van der Waals surface area contributed by atoms with Crippen LogP contribution in [0.25, 0.3) is 89.2 Å². The van der Waals surface area contributed by atoms with Gasteiger partial charge in [-0.05, 0) is 77.9 Å². The van der Waals surface area contributed by atoms with Crippen LogP contribution in [0.3, 0.4) is 0 Å². The van der Waals surface area contributed by atoms with E-state index in [9.17, 15) is 0 Å². The minimum absolute atomic E-state index is 0.567. The molecule has 0 bridgehead atoms. The van der Waals surface area contributed by atoms with Crippen molar-refractivity contribution in [3.8, 4) is 45.3 Å². The van der Waals surface area contributed by atoms with E-state index in [1.54, 1.807) is 0 Å². The van der Waals surface area contributed by atoms with Crippen LogP contribution in [0, 0.1) is 0 Å². The van der Waals surface area contributed by atoms with Crippen LogP contribution < -0.4 is 4.90 Å². The summed E-state index contributed by atoms with van der Waals surface area (Å²) in [4.78, 5) is 17.5. The number of anilines is 3. The third kappa shape index (κ3) is 5.79. The molecule has 0 amide bonds. The van der Waals surface area contributed by atoms with Gasteiger partial charge in [0.15, 0.2) is 17.5 Å². The van der Waals surface area contributed by atoms with Crippen molar-refractivity contribution in [3.05, 3.63) is 194 Å². The number of aromatic nitrogens is 3. The maximum atomic E-state index is 6.66. The molecule has 0 N–H and O–H groups in total. The first-order valence-electron chi connectivity index (χ1n) is 18.9. The molecule has 11 rings (SSSR count). The topological polar surface area (TPSA) is 68.2 Å². The quantitative estimate of drug-likeness (QED) is 0.162. The summed E-state index contributed by atoms with van der Waals surface area (Å²) in [7, 11) is 0. The predicted molar refractivity (Wildman–Crippen MR) is 231 cm³/mol. The Morgan fingerprint density at radius 3 is 1.67 bits per heavy atom. The lowest BCUT2D eigenvalue weighted by molar-refractivity contribution is 0.668. The van der Waals surface area contributed by atoms with Gasteiger partial charge in [-0.2, -0.15) is 0 Å². The lowest BCUT2D eigenvalue weighted by Gasteiger charge is -2.25. The lowest BCUT2D eigenvalue weighted by Crippen LogP contribution is -2.09. The van der Waals surface area contributed by atoms with Crippen molar-refractivity contribution in [2.75, 3.05) is 4.90 Å². The first-order chi connectivity index (χ1) is 28.2. The summed E-state index contributed by atoms with van der Waals surface area (Å²) in [5, 5.41) is 3.99. The Kier molecular flexibility index (Phi) is 7.71. The van der Waals surface area contributed by atoms with Crippen LogP contribution in [0.5, 0.6) is 0 Å². The molecule has 0 fully saturated rings. The zero-order valence-electron chi connectivity index (χ0n) is 30.6. The van der Waals surface area contributed by atoms with E-state index in [4.69, 9.17) is 23.8 Å². The molecule has 0 saturated heterocycles. The van der Waals surface area contributed by atoms with Gasteiger partial charge < -0.3 is 13.7 Å². The highest BCUT2D eigenvalue weighted by atomic mass is 16.3. The Morgan fingerprint density at radius 1 is 0.316 bits per heavy atom. The molecule has 0 saturated carbocycles. The summed E-state index contributed by atoms with van der Waals surface area (Å²) in [6.45, 7) is 0. The Labute approximate surface area is 328 Å². The molecule has 268 valence electrons. The van der Waals surface area contributed by atoms with Gasteiger partial charge in [0, 0.05) is 61.4 Å². The molecule has 3 heterocycles. The van der Waals surface area contributed by atoms with E-state index in [1.165, 1.54) is 11.1 Å². The van der Waals surface area contributed by atoms with Crippen molar-refractivity contribution < 1.29 is 8.83 Å². The van der Waals surface area contributed by atoms with Crippen LogP contribution in [0.2, 0.25) is 0 Å². The van der Waals surface area contributed by atoms with Crippen molar-refractivity contribution in [1.29, 1.82) is 0 Å². The zero-order valence-corrected chi connectivity index (χ0v) is 30.6. The van der Waals surface area contributed by atoms with Gasteiger partial charge >= 0.3 is 0 Å². The fourth-order valence-electron chi connectivity index (χ4n) is 7.80. The van der Waals surface area contributed by atoms with Gasteiger partial charge in [0.1, 0.15) is 22.3 Å². The second-order valence-corrected chi connectivity index (χ2v) is 14.0. The van der Waals surface area contributed by atoms with E-state index in [0.717, 1.165) is 77.6 Å². The molecule has 0 radical (unpaired) electrons. The highest BCUT2D eigenvalue weighted by Crippen LogP contribution is 2.42. The first kappa shape index (κ1) is 32.6. The maximum absolute atomic E-state index is 6.66. The van der Waals surface area contributed by atoms with Crippen LogP contribution >= 0.6 is 0 Å². The van der Waals surface area contributed by atoms with Gasteiger partial charge in [0.05, 0.1) is 0 Å². The van der Waals surface area contributed by atoms with Gasteiger partial charge in [0.25, 0.3) is 0 Å². The monoisotopic (exact) mass is 732 g/mol. The Balaban J connectivity index is 1.05. The predicted octanol–water partition coefficient (Wildman–Crippen LogP) is 13.8. The fourth-order valence-corrected chi connectivity index (χ4v) is 7.80. The summed E-state index contributed by atoms with van der Waals surface area (Å²) in [5.41, 5.74) is 11.3. The fraction of sp³-hybridized carbons (Fsp3) is 0. The van der Waals surface area contributed by atoms with Crippen molar-refractivity contribution in [3.63, 3.8) is 0 Å². The summed E-state index contributed by atoms with van der Waals surface area (Å²) in [6.07, 6.45) is 0. The van der Waals surface area contributed by atoms with Gasteiger partial charge in [-0.25, -0.2) is 15.0 Å². The molecule has 0 unspecified atom stereocenters. The summed E-state index contributed by atoms with van der Waals surface area (Å²) >= 11 is 0. The minimum atomic E-state index is 0.567. The molecule has 0 atom stereocenters. The number of para-hydroxylation sites is 2. The number of hydrogen-bond donors (Lipinski definition) is 0. The highest BCUT2D eigenvalue weighted by Gasteiger charge is 2.20. The summed E-state index contributed by atoms with van der Waals surface area (Å²) in [6, 6.07) is 66.3. The highest BCUT2D eigenvalue weighted by molar-refractivity contribution is 6.13. The number of furan rings is 2. The Morgan fingerprint density at radius 2 is 0.877 bits per heavy atom. The Hall–Kier alpha value is -7.83. The average molecular weight is 733 g/mol. The lowest BCUT2D eigenvalue weighted by atomic mass is 10.0. The van der Waals surface area contributed by atoms with E-state index >= 15 is 0 Å². The van der Waals surface area contributed by atoms with Crippen molar-refractivity contribution in [2.24, 2.45) is 0 Å². The van der Waals surface area contributed by atoms with Crippen molar-refractivity contribution in [1.82, 2.24) is 15.0 Å². The molecule has 6 nitrogen and oxygen atoms in total. The van der Waals surface area contributed by atoms with Crippen LogP contribution in [-0.4, -0.2) is 15.0 Å². The molecule has 57 heavy (non-hydrogen) atoms. The van der Waals surface area contributed by atoms with Gasteiger partial charge in [-0.15, -0.1) is 0 Å². The SMILES string of the molecule is c1ccc(-c2ccc(N(c3ccccc3)c3ccc4c(c3)oc3cccc(-c5nc(-c6ccccc6)nc(-c6ccc7oc8ccccc8c7c6)n5)c34)cc2)cc1. The minimum Gasteiger partial charge on any atom is -0.456 e. The molecule has 11 aromatic rings. The number of benzene rings is 8. The number of hydrogen-bond acceptors (Lipinski definition) is 6. The number of fused-ring (bicyclic) bond motifs is 6. The number of rotatable bonds is 7. The molecule has 0 aliphatic rings.